The first-order valence-electron chi connectivity index (χ1n) is 12.1. The van der Waals surface area contributed by atoms with E-state index in [4.69, 9.17) is 13.9 Å². The Morgan fingerprint density at radius 1 is 1.11 bits per heavy atom. The molecular formula is C28H31FN2O6S. The number of rotatable bonds is 8. The molecule has 2 aromatic carbocycles. The molecule has 0 bridgehead atoms. The topological polar surface area (TPSA) is 91.0 Å². The van der Waals surface area contributed by atoms with Gasteiger partial charge in [0.25, 0.3) is 10.0 Å². The Bertz CT molecular complexity index is 1570. The Morgan fingerprint density at radius 3 is 2.53 bits per heavy atom. The quantitative estimate of drug-likeness (QED) is 0.278. The molecule has 0 aliphatic carbocycles. The highest BCUT2D eigenvalue weighted by atomic mass is 32.2. The Morgan fingerprint density at radius 2 is 1.84 bits per heavy atom. The summed E-state index contributed by atoms with van der Waals surface area (Å²) in [5.74, 6) is 0.107. The smallest absolute Gasteiger partial charge is 0.410 e. The van der Waals surface area contributed by atoms with E-state index in [1.165, 1.54) is 41.4 Å². The maximum atomic E-state index is 14.8. The van der Waals surface area contributed by atoms with E-state index in [2.05, 4.69) is 0 Å². The third kappa shape index (κ3) is 5.92. The minimum absolute atomic E-state index is 0.0159. The molecule has 0 atom stereocenters. The molecule has 0 saturated heterocycles. The first-order valence-corrected chi connectivity index (χ1v) is 13.5. The lowest BCUT2D eigenvalue weighted by molar-refractivity contribution is 0.0285. The normalized spacial score (nSPS) is 12.2. The van der Waals surface area contributed by atoms with Crippen LogP contribution in [0.3, 0.4) is 0 Å². The summed E-state index contributed by atoms with van der Waals surface area (Å²) in [5, 5.41) is 0.761. The SMILES string of the molecule is COCCc1cc2ccc(S(=O)(=O)n3cc(CN(C)C(=O)OC(C)(C)C)cc3-c3ccccc3F)cc2o1. The molecule has 4 rings (SSSR count). The molecule has 2 aromatic heterocycles. The molecule has 38 heavy (non-hydrogen) atoms. The van der Waals surface area contributed by atoms with Gasteiger partial charge in [0.15, 0.2) is 0 Å². The van der Waals surface area contributed by atoms with Crippen LogP contribution in [0, 0.1) is 5.82 Å². The van der Waals surface area contributed by atoms with Crippen molar-refractivity contribution in [2.45, 2.75) is 44.2 Å². The summed E-state index contributed by atoms with van der Waals surface area (Å²) in [5.41, 5.74) is 0.467. The van der Waals surface area contributed by atoms with Crippen molar-refractivity contribution < 1.29 is 31.5 Å². The molecule has 10 heteroatoms. The first-order chi connectivity index (χ1) is 17.9. The van der Waals surface area contributed by atoms with E-state index >= 15 is 0 Å². The van der Waals surface area contributed by atoms with Crippen molar-refractivity contribution in [3.8, 4) is 11.3 Å². The maximum Gasteiger partial charge on any atom is 0.410 e. The van der Waals surface area contributed by atoms with Crippen LogP contribution in [0.15, 0.2) is 70.1 Å². The molecule has 4 aromatic rings. The molecule has 0 aliphatic rings. The summed E-state index contributed by atoms with van der Waals surface area (Å²) >= 11 is 0. The number of aromatic nitrogens is 1. The fourth-order valence-electron chi connectivity index (χ4n) is 3.99. The molecule has 0 spiro atoms. The van der Waals surface area contributed by atoms with Crippen LogP contribution < -0.4 is 0 Å². The number of amides is 1. The van der Waals surface area contributed by atoms with Crippen molar-refractivity contribution in [3.05, 3.63) is 77.9 Å². The number of ether oxygens (including phenoxy) is 2. The van der Waals surface area contributed by atoms with Crippen LogP contribution in [0.2, 0.25) is 0 Å². The zero-order valence-electron chi connectivity index (χ0n) is 22.0. The lowest BCUT2D eigenvalue weighted by atomic mass is 10.1. The van der Waals surface area contributed by atoms with Crippen molar-refractivity contribution in [2.75, 3.05) is 20.8 Å². The molecule has 0 fully saturated rings. The minimum atomic E-state index is -4.17. The highest BCUT2D eigenvalue weighted by molar-refractivity contribution is 7.90. The molecule has 0 N–H and O–H groups in total. The summed E-state index contributed by atoms with van der Waals surface area (Å²) in [6, 6.07) is 14.0. The molecule has 0 unspecified atom stereocenters. The van der Waals surface area contributed by atoms with E-state index in [1.54, 1.807) is 53.1 Å². The Labute approximate surface area is 221 Å². The number of carbonyl (C=O) groups excluding carboxylic acids is 1. The number of methoxy groups -OCH3 is 1. The maximum absolute atomic E-state index is 14.8. The summed E-state index contributed by atoms with van der Waals surface area (Å²) in [6.07, 6.45) is 1.39. The van der Waals surface area contributed by atoms with Gasteiger partial charge in [0, 0.05) is 43.8 Å². The fraction of sp³-hybridized carbons (Fsp3) is 0.321. The molecule has 0 aliphatic heterocycles. The number of halogens is 1. The van der Waals surface area contributed by atoms with Crippen LogP contribution in [0.4, 0.5) is 9.18 Å². The third-order valence-corrected chi connectivity index (χ3v) is 7.44. The Kier molecular flexibility index (Phi) is 7.66. The van der Waals surface area contributed by atoms with Gasteiger partial charge in [-0.3, -0.25) is 0 Å². The highest BCUT2D eigenvalue weighted by Gasteiger charge is 2.26. The number of nitrogens with zero attached hydrogens (tertiary/aromatic N) is 2. The van der Waals surface area contributed by atoms with Crippen molar-refractivity contribution in [1.82, 2.24) is 8.87 Å². The van der Waals surface area contributed by atoms with Gasteiger partial charge in [-0.05, 0) is 62.7 Å². The second-order valence-electron chi connectivity index (χ2n) is 10.0. The predicted molar refractivity (Wildman–Crippen MR) is 142 cm³/mol. The van der Waals surface area contributed by atoms with Crippen LogP contribution in [0.1, 0.15) is 32.1 Å². The highest BCUT2D eigenvalue weighted by Crippen LogP contribution is 2.31. The number of fused-ring (bicyclic) bond motifs is 1. The van der Waals surface area contributed by atoms with Gasteiger partial charge in [-0.25, -0.2) is 21.6 Å². The predicted octanol–water partition coefficient (Wildman–Crippen LogP) is 5.83. The van der Waals surface area contributed by atoms with Crippen molar-refractivity contribution in [1.29, 1.82) is 0 Å². The molecule has 0 saturated carbocycles. The Hall–Kier alpha value is -3.63. The van der Waals surface area contributed by atoms with Crippen LogP contribution in [0.25, 0.3) is 22.2 Å². The van der Waals surface area contributed by atoms with E-state index in [0.717, 1.165) is 9.36 Å². The zero-order valence-corrected chi connectivity index (χ0v) is 22.8. The number of hydrogen-bond acceptors (Lipinski definition) is 6. The molecular weight excluding hydrogens is 511 g/mol. The van der Waals surface area contributed by atoms with Gasteiger partial charge in [0.2, 0.25) is 0 Å². The standard InChI is InChI=1S/C28H31FN2O6S/c1-28(2,3)37-27(32)30(4)17-19-14-25(23-8-6-7-9-24(23)29)31(18-19)38(33,34)22-11-10-20-15-21(12-13-35-5)36-26(20)16-22/h6-11,14-16,18H,12-13,17H2,1-5H3. The number of hydrogen-bond donors (Lipinski definition) is 0. The minimum Gasteiger partial charge on any atom is -0.461 e. The first kappa shape index (κ1) is 27.4. The van der Waals surface area contributed by atoms with Gasteiger partial charge in [-0.15, -0.1) is 0 Å². The number of benzene rings is 2. The third-order valence-electron chi connectivity index (χ3n) is 5.77. The van der Waals surface area contributed by atoms with Crippen LogP contribution in [0.5, 0.6) is 0 Å². The molecule has 0 radical (unpaired) electrons. The zero-order chi connectivity index (χ0) is 27.7. The van der Waals surface area contributed by atoms with Gasteiger partial charge < -0.3 is 18.8 Å². The molecule has 8 nitrogen and oxygen atoms in total. The molecule has 2 heterocycles. The second-order valence-corrected chi connectivity index (χ2v) is 11.8. The van der Waals surface area contributed by atoms with Gasteiger partial charge in [0.05, 0.1) is 23.7 Å². The monoisotopic (exact) mass is 542 g/mol. The van der Waals surface area contributed by atoms with Crippen molar-refractivity contribution in [2.24, 2.45) is 0 Å². The lowest BCUT2D eigenvalue weighted by Gasteiger charge is -2.24. The van der Waals surface area contributed by atoms with Crippen molar-refractivity contribution >= 4 is 27.1 Å². The van der Waals surface area contributed by atoms with E-state index in [-0.39, 0.29) is 22.7 Å². The largest absolute Gasteiger partial charge is 0.461 e. The second kappa shape index (κ2) is 10.6. The summed E-state index contributed by atoms with van der Waals surface area (Å²) in [4.78, 5) is 13.8. The van der Waals surface area contributed by atoms with Gasteiger partial charge >= 0.3 is 6.09 Å². The molecule has 1 amide bonds. The van der Waals surface area contributed by atoms with E-state index in [0.29, 0.717) is 29.9 Å². The van der Waals surface area contributed by atoms with Gasteiger partial charge in [-0.2, -0.15) is 0 Å². The Balaban J connectivity index is 1.75. The average Bonchev–Trinajstić information content (AvgIpc) is 3.45. The summed E-state index contributed by atoms with van der Waals surface area (Å²) < 4.78 is 59.9. The number of furan rings is 1. The van der Waals surface area contributed by atoms with Crippen LogP contribution >= 0.6 is 0 Å². The van der Waals surface area contributed by atoms with Crippen molar-refractivity contribution in [3.63, 3.8) is 0 Å². The van der Waals surface area contributed by atoms with Crippen LogP contribution in [-0.4, -0.2) is 49.7 Å². The van der Waals surface area contributed by atoms with E-state index in [1.807, 2.05) is 6.07 Å². The van der Waals surface area contributed by atoms with E-state index < -0.39 is 27.5 Å². The fourth-order valence-corrected chi connectivity index (χ4v) is 5.40. The number of carbonyl (C=O) groups is 1. The van der Waals surface area contributed by atoms with Crippen LogP contribution in [-0.2, 0) is 32.5 Å². The summed E-state index contributed by atoms with van der Waals surface area (Å²) in [7, 11) is -1.02. The average molecular weight is 543 g/mol. The summed E-state index contributed by atoms with van der Waals surface area (Å²) in [6.45, 7) is 5.80. The van der Waals surface area contributed by atoms with Gasteiger partial charge in [-0.1, -0.05) is 12.1 Å². The lowest BCUT2D eigenvalue weighted by Crippen LogP contribution is -2.33. The van der Waals surface area contributed by atoms with Gasteiger partial charge in [0.1, 0.15) is 22.8 Å². The molecule has 202 valence electrons. The van der Waals surface area contributed by atoms with E-state index in [9.17, 15) is 17.6 Å².